The number of amides is 2. The van der Waals surface area contributed by atoms with Crippen LogP contribution >= 0.6 is 23.2 Å². The quantitative estimate of drug-likeness (QED) is 0.371. The summed E-state index contributed by atoms with van der Waals surface area (Å²) in [6, 6.07) is 19.8. The van der Waals surface area contributed by atoms with Crippen LogP contribution in [0.15, 0.2) is 66.7 Å². The molecule has 0 spiro atoms. The highest BCUT2D eigenvalue weighted by Crippen LogP contribution is 2.30. The van der Waals surface area contributed by atoms with Crippen molar-refractivity contribution in [1.82, 2.24) is 5.43 Å². The summed E-state index contributed by atoms with van der Waals surface area (Å²) in [6.07, 6.45) is 0.135. The van der Waals surface area contributed by atoms with Crippen LogP contribution in [0.4, 0.5) is 11.4 Å². The Balaban J connectivity index is 1.30. The zero-order valence-corrected chi connectivity index (χ0v) is 20.6. The molecule has 1 aliphatic rings. The first-order valence-corrected chi connectivity index (χ1v) is 11.9. The van der Waals surface area contributed by atoms with Gasteiger partial charge in [0, 0.05) is 29.2 Å². The van der Waals surface area contributed by atoms with E-state index in [0.29, 0.717) is 34.6 Å². The first kappa shape index (κ1) is 24.7. The minimum Gasteiger partial charge on any atom is -0.494 e. The normalized spacial score (nSPS) is 15.1. The van der Waals surface area contributed by atoms with Gasteiger partial charge in [0.2, 0.25) is 11.8 Å². The zero-order chi connectivity index (χ0) is 24.8. The van der Waals surface area contributed by atoms with Crippen LogP contribution in [0.1, 0.15) is 18.9 Å². The monoisotopic (exact) mass is 513 g/mol. The van der Waals surface area contributed by atoms with E-state index in [1.54, 1.807) is 29.2 Å². The molecule has 3 aromatic rings. The lowest BCUT2D eigenvalue weighted by Gasteiger charge is -2.17. The van der Waals surface area contributed by atoms with Gasteiger partial charge in [0.1, 0.15) is 18.1 Å². The molecule has 9 heteroatoms. The Bertz CT molecular complexity index is 1200. The number of ether oxygens (including phenoxy) is 2. The molecule has 35 heavy (non-hydrogen) atoms. The predicted octanol–water partition coefficient (Wildman–Crippen LogP) is 5.47. The van der Waals surface area contributed by atoms with Gasteiger partial charge in [-0.25, -0.2) is 0 Å². The smallest absolute Gasteiger partial charge is 0.243 e. The van der Waals surface area contributed by atoms with Gasteiger partial charge < -0.3 is 14.4 Å². The Labute approximate surface area is 213 Å². The molecule has 182 valence electrons. The van der Waals surface area contributed by atoms with Crippen LogP contribution in [0.25, 0.3) is 0 Å². The number of benzene rings is 3. The van der Waals surface area contributed by atoms with Crippen molar-refractivity contribution in [2.45, 2.75) is 20.0 Å². The van der Waals surface area contributed by atoms with Crippen molar-refractivity contribution in [2.75, 3.05) is 23.5 Å². The molecule has 2 N–H and O–H groups in total. The molecule has 4 rings (SSSR count). The van der Waals surface area contributed by atoms with Crippen LogP contribution in [0.2, 0.25) is 10.0 Å². The average Bonchev–Trinajstić information content (AvgIpc) is 3.25. The maximum Gasteiger partial charge on any atom is 0.243 e. The Morgan fingerprint density at radius 3 is 2.51 bits per heavy atom. The Morgan fingerprint density at radius 1 is 1.03 bits per heavy atom. The number of hydrogen-bond donors (Lipinski definition) is 2. The van der Waals surface area contributed by atoms with Crippen LogP contribution < -0.4 is 25.2 Å². The van der Waals surface area contributed by atoms with Gasteiger partial charge in [-0.2, -0.15) is 0 Å². The Morgan fingerprint density at radius 2 is 1.80 bits per heavy atom. The van der Waals surface area contributed by atoms with Crippen molar-refractivity contribution in [1.29, 1.82) is 0 Å². The van der Waals surface area contributed by atoms with Gasteiger partial charge in [-0.1, -0.05) is 41.4 Å². The Kier molecular flexibility index (Phi) is 8.00. The van der Waals surface area contributed by atoms with E-state index in [0.717, 1.165) is 17.0 Å². The highest BCUT2D eigenvalue weighted by Gasteiger charge is 2.35. The molecular formula is C26H25Cl2N3O4. The summed E-state index contributed by atoms with van der Waals surface area (Å²) in [5.74, 6) is 0.380. The third-order valence-corrected chi connectivity index (χ3v) is 6.22. The molecule has 1 heterocycles. The lowest BCUT2D eigenvalue weighted by atomic mass is 10.1. The SMILES string of the molecule is CCOc1ccc(N2C[C@@H](C(=O)NNc3ccc(OCc4ccccc4Cl)c(Cl)c3)CC2=O)cc1. The number of hydrogen-bond acceptors (Lipinski definition) is 5. The largest absolute Gasteiger partial charge is 0.494 e. The predicted molar refractivity (Wildman–Crippen MR) is 137 cm³/mol. The third-order valence-electron chi connectivity index (χ3n) is 5.56. The first-order chi connectivity index (χ1) is 16.9. The number of nitrogens with one attached hydrogen (secondary N) is 2. The molecule has 1 fully saturated rings. The van der Waals surface area contributed by atoms with E-state index in [1.165, 1.54) is 0 Å². The van der Waals surface area contributed by atoms with Gasteiger partial charge in [0.15, 0.2) is 0 Å². The van der Waals surface area contributed by atoms with Gasteiger partial charge in [-0.15, -0.1) is 0 Å². The van der Waals surface area contributed by atoms with Gasteiger partial charge in [0.05, 0.1) is 23.2 Å². The summed E-state index contributed by atoms with van der Waals surface area (Å²) in [5, 5.41) is 1.00. The maximum absolute atomic E-state index is 12.7. The minimum atomic E-state index is -0.477. The lowest BCUT2D eigenvalue weighted by molar-refractivity contribution is -0.125. The molecular weight excluding hydrogens is 489 g/mol. The van der Waals surface area contributed by atoms with Gasteiger partial charge in [0.25, 0.3) is 0 Å². The van der Waals surface area contributed by atoms with Crippen LogP contribution in [-0.2, 0) is 16.2 Å². The molecule has 0 aliphatic carbocycles. The number of carbonyl (C=O) groups is 2. The summed E-state index contributed by atoms with van der Waals surface area (Å²) in [4.78, 5) is 26.8. The van der Waals surface area contributed by atoms with Crippen LogP contribution in [0.5, 0.6) is 11.5 Å². The fourth-order valence-corrected chi connectivity index (χ4v) is 4.15. The van der Waals surface area contributed by atoms with Crippen molar-refractivity contribution >= 4 is 46.4 Å². The van der Waals surface area contributed by atoms with E-state index in [1.807, 2.05) is 49.4 Å². The summed E-state index contributed by atoms with van der Waals surface area (Å²) < 4.78 is 11.2. The standard InChI is InChI=1S/C26H25Cl2N3O4/c1-2-34-21-10-8-20(9-11-21)31-15-18(13-25(31)32)26(33)30-29-19-7-12-24(23(28)14-19)35-16-17-5-3-4-6-22(17)27/h3-12,14,18,29H,2,13,15-16H2,1H3,(H,30,33)/t18-/m0/s1. The second kappa shape index (κ2) is 11.3. The van der Waals surface area contributed by atoms with E-state index >= 15 is 0 Å². The molecule has 1 atom stereocenters. The lowest BCUT2D eigenvalue weighted by Crippen LogP contribution is -2.36. The van der Waals surface area contributed by atoms with Crippen molar-refractivity contribution < 1.29 is 19.1 Å². The highest BCUT2D eigenvalue weighted by atomic mass is 35.5. The summed E-state index contributed by atoms with van der Waals surface area (Å²) in [6.45, 7) is 3.06. The summed E-state index contributed by atoms with van der Waals surface area (Å²) in [7, 11) is 0. The van der Waals surface area contributed by atoms with Gasteiger partial charge in [-0.05, 0) is 55.5 Å². The average molecular weight is 514 g/mol. The van der Waals surface area contributed by atoms with Gasteiger partial charge >= 0.3 is 0 Å². The van der Waals surface area contributed by atoms with Crippen LogP contribution in [0, 0.1) is 5.92 Å². The molecule has 3 aromatic carbocycles. The molecule has 0 bridgehead atoms. The maximum atomic E-state index is 12.7. The van der Waals surface area contributed by atoms with E-state index in [4.69, 9.17) is 32.7 Å². The number of nitrogens with zero attached hydrogens (tertiary/aromatic N) is 1. The number of halogens is 2. The number of rotatable bonds is 9. The molecule has 0 unspecified atom stereocenters. The van der Waals surface area contributed by atoms with Crippen molar-refractivity contribution in [3.05, 3.63) is 82.3 Å². The fraction of sp³-hybridized carbons (Fsp3) is 0.231. The van der Waals surface area contributed by atoms with Crippen LogP contribution in [-0.4, -0.2) is 25.0 Å². The van der Waals surface area contributed by atoms with Crippen molar-refractivity contribution in [2.24, 2.45) is 5.92 Å². The molecule has 0 saturated carbocycles. The molecule has 7 nitrogen and oxygen atoms in total. The van der Waals surface area contributed by atoms with Crippen molar-refractivity contribution in [3.63, 3.8) is 0 Å². The molecule has 2 amide bonds. The third kappa shape index (κ3) is 6.18. The first-order valence-electron chi connectivity index (χ1n) is 11.2. The van der Waals surface area contributed by atoms with Gasteiger partial charge in [-0.3, -0.25) is 20.4 Å². The highest BCUT2D eigenvalue weighted by molar-refractivity contribution is 6.32. The Hall–Kier alpha value is -3.42. The van der Waals surface area contributed by atoms with Crippen molar-refractivity contribution in [3.8, 4) is 11.5 Å². The molecule has 1 saturated heterocycles. The summed E-state index contributed by atoms with van der Waals surface area (Å²) in [5.41, 5.74) is 7.70. The topological polar surface area (TPSA) is 79.9 Å². The van der Waals surface area contributed by atoms with E-state index in [9.17, 15) is 9.59 Å². The second-order valence-electron chi connectivity index (χ2n) is 7.97. The summed E-state index contributed by atoms with van der Waals surface area (Å²) >= 11 is 12.5. The fourth-order valence-electron chi connectivity index (χ4n) is 3.72. The zero-order valence-electron chi connectivity index (χ0n) is 19.1. The minimum absolute atomic E-state index is 0.0997. The van der Waals surface area contributed by atoms with Crippen LogP contribution in [0.3, 0.4) is 0 Å². The molecule has 0 aromatic heterocycles. The molecule has 0 radical (unpaired) electrons. The molecule has 1 aliphatic heterocycles. The number of hydrazine groups is 1. The number of anilines is 2. The van der Waals surface area contributed by atoms with E-state index in [-0.39, 0.29) is 24.8 Å². The number of carbonyl (C=O) groups excluding carboxylic acids is 2. The van der Waals surface area contributed by atoms with E-state index < -0.39 is 5.92 Å². The second-order valence-corrected chi connectivity index (χ2v) is 8.79. The van der Waals surface area contributed by atoms with E-state index in [2.05, 4.69) is 10.9 Å².